The van der Waals surface area contributed by atoms with Gasteiger partial charge in [0.25, 0.3) is 0 Å². The van der Waals surface area contributed by atoms with Crippen LogP contribution in [-0.2, 0) is 0 Å². The van der Waals surface area contributed by atoms with E-state index in [2.05, 4.69) is 0 Å². The highest BCUT2D eigenvalue weighted by Gasteiger charge is 2.16. The summed E-state index contributed by atoms with van der Waals surface area (Å²) >= 11 is 1.40. The van der Waals surface area contributed by atoms with Crippen LogP contribution in [0.5, 0.6) is 5.75 Å². The molecule has 0 atom stereocenters. The maximum atomic E-state index is 11.2. The van der Waals surface area contributed by atoms with Gasteiger partial charge in [-0.15, -0.1) is 0 Å². The van der Waals surface area contributed by atoms with Crippen molar-refractivity contribution in [3.8, 4) is 16.9 Å². The van der Waals surface area contributed by atoms with Crippen LogP contribution in [0.15, 0.2) is 22.9 Å². The molecule has 4 heteroatoms. The third-order valence-corrected chi connectivity index (χ3v) is 3.88. The van der Waals surface area contributed by atoms with E-state index in [4.69, 9.17) is 9.84 Å². The largest absolute Gasteiger partial charge is 0.496 e. The molecule has 1 heterocycles. The Hall–Kier alpha value is -1.81. The Bertz CT molecular complexity index is 599. The predicted octanol–water partition coefficient (Wildman–Crippen LogP) is 3.74. The van der Waals surface area contributed by atoms with E-state index in [1.54, 1.807) is 12.5 Å². The van der Waals surface area contributed by atoms with Crippen molar-refractivity contribution in [1.29, 1.82) is 0 Å². The molecule has 2 aromatic rings. The first-order chi connectivity index (χ1) is 8.56. The molecule has 0 spiro atoms. The van der Waals surface area contributed by atoms with E-state index in [0.29, 0.717) is 5.56 Å². The summed E-state index contributed by atoms with van der Waals surface area (Å²) in [6, 6.07) is 3.79. The van der Waals surface area contributed by atoms with E-state index >= 15 is 0 Å². The summed E-state index contributed by atoms with van der Waals surface area (Å²) in [6.07, 6.45) is 0. The molecule has 0 saturated carbocycles. The molecule has 0 unspecified atom stereocenters. The van der Waals surface area contributed by atoms with Crippen molar-refractivity contribution in [2.75, 3.05) is 7.11 Å². The van der Waals surface area contributed by atoms with Gasteiger partial charge in [-0.3, -0.25) is 0 Å². The predicted molar refractivity (Wildman–Crippen MR) is 72.7 cm³/mol. The van der Waals surface area contributed by atoms with Crippen LogP contribution in [0, 0.1) is 13.8 Å². The van der Waals surface area contributed by atoms with Crippen LogP contribution in [0.1, 0.15) is 21.5 Å². The van der Waals surface area contributed by atoms with Crippen molar-refractivity contribution in [3.05, 3.63) is 39.6 Å². The normalized spacial score (nSPS) is 10.4. The Morgan fingerprint density at radius 2 is 1.89 bits per heavy atom. The van der Waals surface area contributed by atoms with E-state index in [9.17, 15) is 4.79 Å². The minimum Gasteiger partial charge on any atom is -0.496 e. The highest BCUT2D eigenvalue weighted by molar-refractivity contribution is 7.08. The minimum absolute atomic E-state index is 0.354. The van der Waals surface area contributed by atoms with Crippen molar-refractivity contribution in [1.82, 2.24) is 0 Å². The van der Waals surface area contributed by atoms with Gasteiger partial charge < -0.3 is 9.84 Å². The van der Waals surface area contributed by atoms with Gasteiger partial charge in [0, 0.05) is 10.9 Å². The molecular formula is C14H14O3S. The van der Waals surface area contributed by atoms with Crippen LogP contribution in [0.2, 0.25) is 0 Å². The quantitative estimate of drug-likeness (QED) is 0.916. The number of ether oxygens (including phenoxy) is 1. The number of carbonyl (C=O) groups is 1. The summed E-state index contributed by atoms with van der Waals surface area (Å²) in [5.41, 5.74) is 4.17. The molecular weight excluding hydrogens is 248 g/mol. The number of carboxylic acid groups (broad SMARTS) is 1. The second kappa shape index (κ2) is 4.82. The van der Waals surface area contributed by atoms with Crippen LogP contribution in [0.4, 0.5) is 0 Å². The number of carboxylic acids is 1. The highest BCUT2D eigenvalue weighted by Crippen LogP contribution is 2.34. The van der Waals surface area contributed by atoms with E-state index in [1.165, 1.54) is 11.3 Å². The first-order valence-electron chi connectivity index (χ1n) is 5.50. The average Bonchev–Trinajstić information content (AvgIpc) is 2.81. The Labute approximate surface area is 110 Å². The van der Waals surface area contributed by atoms with Crippen LogP contribution in [0.3, 0.4) is 0 Å². The first kappa shape index (κ1) is 12.6. The van der Waals surface area contributed by atoms with Crippen molar-refractivity contribution in [2.45, 2.75) is 13.8 Å². The number of thiophene rings is 1. The second-order valence-corrected chi connectivity index (χ2v) is 4.81. The number of benzene rings is 1. The maximum Gasteiger partial charge on any atom is 0.337 e. The smallest absolute Gasteiger partial charge is 0.337 e. The molecule has 0 aliphatic carbocycles. The van der Waals surface area contributed by atoms with Gasteiger partial charge >= 0.3 is 5.97 Å². The highest BCUT2D eigenvalue weighted by atomic mass is 32.1. The fourth-order valence-electron chi connectivity index (χ4n) is 1.98. The van der Waals surface area contributed by atoms with E-state index in [0.717, 1.165) is 28.0 Å². The number of methoxy groups -OCH3 is 1. The number of hydrogen-bond donors (Lipinski definition) is 1. The Kier molecular flexibility index (Phi) is 3.39. The standard InChI is InChI=1S/C14H14O3S/c1-8-9(2)13(17-3)5-4-10(8)11-6-18-7-12(11)14(15)16/h4-7H,1-3H3,(H,15,16). The lowest BCUT2D eigenvalue weighted by Crippen LogP contribution is -1.98. The molecule has 1 N–H and O–H groups in total. The third kappa shape index (κ3) is 1.99. The molecule has 0 aliphatic heterocycles. The van der Waals surface area contributed by atoms with Gasteiger partial charge in [0.1, 0.15) is 5.75 Å². The number of rotatable bonds is 3. The third-order valence-electron chi connectivity index (χ3n) is 3.14. The number of aromatic carboxylic acids is 1. The van der Waals surface area contributed by atoms with E-state index in [-0.39, 0.29) is 0 Å². The Balaban J connectivity index is 2.62. The fourth-order valence-corrected chi connectivity index (χ4v) is 2.80. The molecule has 0 aliphatic rings. The molecule has 0 fully saturated rings. The van der Waals surface area contributed by atoms with Gasteiger partial charge in [-0.05, 0) is 42.0 Å². The molecule has 3 nitrogen and oxygen atoms in total. The zero-order valence-corrected chi connectivity index (χ0v) is 11.3. The summed E-state index contributed by atoms with van der Waals surface area (Å²) in [7, 11) is 1.63. The van der Waals surface area contributed by atoms with Crippen LogP contribution in [0.25, 0.3) is 11.1 Å². The zero-order chi connectivity index (χ0) is 13.3. The molecule has 18 heavy (non-hydrogen) atoms. The molecule has 0 bridgehead atoms. The lowest BCUT2D eigenvalue weighted by Gasteiger charge is -2.12. The fraction of sp³-hybridized carbons (Fsp3) is 0.214. The van der Waals surface area contributed by atoms with Gasteiger partial charge in [-0.25, -0.2) is 4.79 Å². The molecule has 2 rings (SSSR count). The Morgan fingerprint density at radius 1 is 1.17 bits per heavy atom. The maximum absolute atomic E-state index is 11.2. The lowest BCUT2D eigenvalue weighted by atomic mass is 9.96. The van der Waals surface area contributed by atoms with Gasteiger partial charge in [-0.1, -0.05) is 6.07 Å². The lowest BCUT2D eigenvalue weighted by molar-refractivity contribution is 0.0698. The van der Waals surface area contributed by atoms with E-state index < -0.39 is 5.97 Å². The summed E-state index contributed by atoms with van der Waals surface area (Å²) in [5.74, 6) is -0.0672. The number of hydrogen-bond acceptors (Lipinski definition) is 3. The molecule has 1 aromatic heterocycles. The topological polar surface area (TPSA) is 46.5 Å². The van der Waals surface area contributed by atoms with Crippen molar-refractivity contribution < 1.29 is 14.6 Å². The molecule has 1 aromatic carbocycles. The second-order valence-electron chi connectivity index (χ2n) is 4.07. The first-order valence-corrected chi connectivity index (χ1v) is 6.44. The van der Waals surface area contributed by atoms with Gasteiger partial charge in [0.05, 0.1) is 12.7 Å². The molecule has 0 saturated heterocycles. The molecule has 0 radical (unpaired) electrons. The van der Waals surface area contributed by atoms with Crippen molar-refractivity contribution in [2.24, 2.45) is 0 Å². The van der Waals surface area contributed by atoms with Gasteiger partial charge in [0.15, 0.2) is 0 Å². The van der Waals surface area contributed by atoms with Crippen LogP contribution >= 0.6 is 11.3 Å². The summed E-state index contributed by atoms with van der Waals surface area (Å²) in [4.78, 5) is 11.2. The van der Waals surface area contributed by atoms with Gasteiger partial charge in [-0.2, -0.15) is 11.3 Å². The SMILES string of the molecule is COc1ccc(-c2cscc2C(=O)O)c(C)c1C. The van der Waals surface area contributed by atoms with Crippen molar-refractivity contribution >= 4 is 17.3 Å². The monoisotopic (exact) mass is 262 g/mol. The van der Waals surface area contributed by atoms with E-state index in [1.807, 2.05) is 31.4 Å². The van der Waals surface area contributed by atoms with Gasteiger partial charge in [0.2, 0.25) is 0 Å². The average molecular weight is 262 g/mol. The van der Waals surface area contributed by atoms with Crippen LogP contribution < -0.4 is 4.74 Å². The zero-order valence-electron chi connectivity index (χ0n) is 10.5. The summed E-state index contributed by atoms with van der Waals surface area (Å²) in [5, 5.41) is 12.7. The summed E-state index contributed by atoms with van der Waals surface area (Å²) in [6.45, 7) is 3.96. The van der Waals surface area contributed by atoms with Crippen molar-refractivity contribution in [3.63, 3.8) is 0 Å². The van der Waals surface area contributed by atoms with Crippen LogP contribution in [-0.4, -0.2) is 18.2 Å². The minimum atomic E-state index is -0.890. The Morgan fingerprint density at radius 3 is 2.50 bits per heavy atom. The molecule has 0 amide bonds. The molecule has 94 valence electrons. The summed E-state index contributed by atoms with van der Waals surface area (Å²) < 4.78 is 5.26.